The van der Waals surface area contributed by atoms with E-state index >= 15 is 0 Å². The van der Waals surface area contributed by atoms with E-state index in [9.17, 15) is 9.59 Å². The maximum Gasteiger partial charge on any atom is 0.229 e. The Bertz CT molecular complexity index is 964. The number of likely N-dealkylation sites (tertiary alicyclic amines) is 1. The number of nitrogens with zero attached hydrogens (tertiary/aromatic N) is 3. The third kappa shape index (κ3) is 5.43. The van der Waals surface area contributed by atoms with E-state index in [1.165, 1.54) is 31.2 Å². The summed E-state index contributed by atoms with van der Waals surface area (Å²) in [7, 11) is 0. The molecular weight excluding hydrogens is 424 g/mol. The van der Waals surface area contributed by atoms with E-state index in [0.717, 1.165) is 63.2 Å². The van der Waals surface area contributed by atoms with Gasteiger partial charge in [-0.25, -0.2) is 0 Å². The smallest absolute Gasteiger partial charge is 0.229 e. The standard InChI is InChI=1S/C28H36N4O2/c33-27(18-21-4-1-2-5-21)31-15-11-23(12-16-31)22-7-9-25(10-8-22)30-28(34)24-13-17-32(20-24)26-6-3-14-29-19-26/h3,6-10,14,19,21,23-24H,1-2,4-5,11-13,15-18,20H2,(H,30,34)/t24-/m0/s1. The molecule has 2 saturated heterocycles. The Kier molecular flexibility index (Phi) is 7.12. The second kappa shape index (κ2) is 10.6. The van der Waals surface area contributed by atoms with Crippen LogP contribution >= 0.6 is 0 Å². The van der Waals surface area contributed by atoms with Gasteiger partial charge in [0.15, 0.2) is 0 Å². The summed E-state index contributed by atoms with van der Waals surface area (Å²) in [5, 5.41) is 3.11. The van der Waals surface area contributed by atoms with Gasteiger partial charge >= 0.3 is 0 Å². The van der Waals surface area contributed by atoms with E-state index in [1.807, 2.05) is 30.5 Å². The molecule has 3 aliphatic rings. The van der Waals surface area contributed by atoms with Gasteiger partial charge in [0.25, 0.3) is 0 Å². The molecule has 1 saturated carbocycles. The number of aromatic nitrogens is 1. The Balaban J connectivity index is 1.08. The van der Waals surface area contributed by atoms with Crippen molar-refractivity contribution in [1.29, 1.82) is 0 Å². The molecule has 3 heterocycles. The minimum atomic E-state index is -0.00835. The number of hydrogen-bond donors (Lipinski definition) is 1. The van der Waals surface area contributed by atoms with Gasteiger partial charge in [0, 0.05) is 44.5 Å². The number of amides is 2. The van der Waals surface area contributed by atoms with Crippen LogP contribution in [0.5, 0.6) is 0 Å². The molecule has 0 unspecified atom stereocenters. The Morgan fingerprint density at radius 1 is 0.941 bits per heavy atom. The quantitative estimate of drug-likeness (QED) is 0.670. The van der Waals surface area contributed by atoms with Crippen LogP contribution in [0.1, 0.15) is 62.8 Å². The van der Waals surface area contributed by atoms with Crippen molar-refractivity contribution in [3.8, 4) is 0 Å². The van der Waals surface area contributed by atoms with Crippen LogP contribution in [0.25, 0.3) is 0 Å². The van der Waals surface area contributed by atoms with Gasteiger partial charge in [0.2, 0.25) is 11.8 Å². The van der Waals surface area contributed by atoms with Gasteiger partial charge in [-0.3, -0.25) is 14.6 Å². The van der Waals surface area contributed by atoms with E-state index < -0.39 is 0 Å². The van der Waals surface area contributed by atoms with E-state index in [1.54, 1.807) is 6.20 Å². The van der Waals surface area contributed by atoms with Crippen molar-refractivity contribution >= 4 is 23.2 Å². The highest BCUT2D eigenvalue weighted by Gasteiger charge is 2.29. The number of pyridine rings is 1. The summed E-state index contributed by atoms with van der Waals surface area (Å²) in [4.78, 5) is 33.9. The molecule has 0 radical (unpaired) electrons. The highest BCUT2D eigenvalue weighted by atomic mass is 16.2. The number of nitrogens with one attached hydrogen (secondary N) is 1. The number of carbonyl (C=O) groups is 2. The first-order chi connectivity index (χ1) is 16.7. The van der Waals surface area contributed by atoms with E-state index in [4.69, 9.17) is 0 Å². The topological polar surface area (TPSA) is 65.5 Å². The third-order valence-corrected chi connectivity index (χ3v) is 8.01. The van der Waals surface area contributed by atoms with Crippen LogP contribution in [0, 0.1) is 11.8 Å². The molecule has 34 heavy (non-hydrogen) atoms. The lowest BCUT2D eigenvalue weighted by Gasteiger charge is -2.33. The third-order valence-electron chi connectivity index (χ3n) is 8.01. The maximum atomic E-state index is 12.8. The highest BCUT2D eigenvalue weighted by molar-refractivity contribution is 5.93. The summed E-state index contributed by atoms with van der Waals surface area (Å²) < 4.78 is 0. The predicted octanol–water partition coefficient (Wildman–Crippen LogP) is 4.83. The second-order valence-corrected chi connectivity index (χ2v) is 10.3. The number of hydrogen-bond acceptors (Lipinski definition) is 4. The molecule has 2 aliphatic heterocycles. The van der Waals surface area contributed by atoms with Gasteiger partial charge in [-0.1, -0.05) is 25.0 Å². The van der Waals surface area contributed by atoms with Crippen molar-refractivity contribution in [2.75, 3.05) is 36.4 Å². The van der Waals surface area contributed by atoms with Crippen molar-refractivity contribution < 1.29 is 9.59 Å². The minimum absolute atomic E-state index is 0.00835. The lowest BCUT2D eigenvalue weighted by Crippen LogP contribution is -2.38. The predicted molar refractivity (Wildman–Crippen MR) is 135 cm³/mol. The molecule has 1 aromatic carbocycles. The van der Waals surface area contributed by atoms with E-state index in [0.29, 0.717) is 17.7 Å². The zero-order chi connectivity index (χ0) is 23.3. The van der Waals surface area contributed by atoms with E-state index in [-0.39, 0.29) is 11.8 Å². The molecule has 1 aromatic heterocycles. The molecule has 6 nitrogen and oxygen atoms in total. The number of rotatable bonds is 6. The molecule has 3 fully saturated rings. The monoisotopic (exact) mass is 460 g/mol. The van der Waals surface area contributed by atoms with Crippen LogP contribution in [0.15, 0.2) is 48.8 Å². The zero-order valence-electron chi connectivity index (χ0n) is 20.0. The molecule has 0 spiro atoms. The molecule has 1 aliphatic carbocycles. The second-order valence-electron chi connectivity index (χ2n) is 10.3. The summed E-state index contributed by atoms with van der Waals surface area (Å²) in [5.41, 5.74) is 3.25. The first kappa shape index (κ1) is 22.9. The molecule has 2 aromatic rings. The largest absolute Gasteiger partial charge is 0.369 e. The van der Waals surface area contributed by atoms with Crippen molar-refractivity contribution in [1.82, 2.24) is 9.88 Å². The lowest BCUT2D eigenvalue weighted by atomic mass is 9.89. The Labute approximate surface area is 202 Å². The van der Waals surface area contributed by atoms with Crippen molar-refractivity contribution in [2.24, 2.45) is 11.8 Å². The van der Waals surface area contributed by atoms with Crippen molar-refractivity contribution in [3.63, 3.8) is 0 Å². The Morgan fingerprint density at radius 3 is 2.41 bits per heavy atom. The van der Waals surface area contributed by atoms with Gasteiger partial charge in [-0.05, 0) is 73.8 Å². The van der Waals surface area contributed by atoms with Gasteiger partial charge in [-0.2, -0.15) is 0 Å². The number of carbonyl (C=O) groups excluding carboxylic acids is 2. The molecule has 1 atom stereocenters. The van der Waals surface area contributed by atoms with Gasteiger partial charge in [0.05, 0.1) is 17.8 Å². The first-order valence-electron chi connectivity index (χ1n) is 13.0. The number of anilines is 2. The van der Waals surface area contributed by atoms with Crippen LogP contribution in [0.2, 0.25) is 0 Å². The summed E-state index contributed by atoms with van der Waals surface area (Å²) in [6.45, 7) is 3.34. The summed E-state index contributed by atoms with van der Waals surface area (Å²) in [5.74, 6) is 1.55. The maximum absolute atomic E-state index is 12.8. The molecular formula is C28H36N4O2. The molecule has 1 N–H and O–H groups in total. The summed E-state index contributed by atoms with van der Waals surface area (Å²) in [6, 6.07) is 12.3. The first-order valence-corrected chi connectivity index (χ1v) is 13.0. The summed E-state index contributed by atoms with van der Waals surface area (Å²) >= 11 is 0. The minimum Gasteiger partial charge on any atom is -0.369 e. The van der Waals surface area contributed by atoms with Crippen LogP contribution in [0.4, 0.5) is 11.4 Å². The van der Waals surface area contributed by atoms with Crippen molar-refractivity contribution in [3.05, 3.63) is 54.4 Å². The molecule has 5 rings (SSSR count). The fourth-order valence-corrected chi connectivity index (χ4v) is 5.89. The fraction of sp³-hybridized carbons (Fsp3) is 0.536. The van der Waals surface area contributed by atoms with Gasteiger partial charge in [-0.15, -0.1) is 0 Å². The van der Waals surface area contributed by atoms with Gasteiger partial charge in [0.1, 0.15) is 0 Å². The average molecular weight is 461 g/mol. The fourth-order valence-electron chi connectivity index (χ4n) is 5.89. The Morgan fingerprint density at radius 2 is 1.71 bits per heavy atom. The van der Waals surface area contributed by atoms with Crippen LogP contribution in [0.3, 0.4) is 0 Å². The molecule has 180 valence electrons. The molecule has 2 amide bonds. The van der Waals surface area contributed by atoms with Gasteiger partial charge < -0.3 is 15.1 Å². The van der Waals surface area contributed by atoms with Crippen LogP contribution < -0.4 is 10.2 Å². The van der Waals surface area contributed by atoms with Crippen molar-refractivity contribution in [2.45, 2.75) is 57.3 Å². The van der Waals surface area contributed by atoms with Crippen LogP contribution in [-0.2, 0) is 9.59 Å². The SMILES string of the molecule is O=C(Nc1ccc(C2CCN(C(=O)CC3CCCC3)CC2)cc1)[C@H]1CCN(c2cccnc2)C1. The lowest BCUT2D eigenvalue weighted by molar-refractivity contribution is -0.133. The molecule has 6 heteroatoms. The highest BCUT2D eigenvalue weighted by Crippen LogP contribution is 2.32. The number of benzene rings is 1. The van der Waals surface area contributed by atoms with E-state index in [2.05, 4.69) is 32.2 Å². The van der Waals surface area contributed by atoms with Crippen LogP contribution in [-0.4, -0.2) is 47.9 Å². The number of piperidine rings is 1. The normalized spacial score (nSPS) is 21.7. The average Bonchev–Trinajstić information content (AvgIpc) is 3.58. The molecule has 0 bridgehead atoms. The summed E-state index contributed by atoms with van der Waals surface area (Å²) in [6.07, 6.45) is 12.3. The zero-order valence-corrected chi connectivity index (χ0v) is 20.0. The Hall–Kier alpha value is -2.89.